The summed E-state index contributed by atoms with van der Waals surface area (Å²) in [5.74, 6) is 0.274. The van der Waals surface area contributed by atoms with Crippen molar-refractivity contribution in [2.75, 3.05) is 0 Å². The minimum absolute atomic E-state index is 0.111. The molecule has 1 heterocycles. The van der Waals surface area contributed by atoms with Crippen LogP contribution in [0.4, 0.5) is 0 Å². The summed E-state index contributed by atoms with van der Waals surface area (Å²) in [6.07, 6.45) is 2.32. The average molecular weight is 458 g/mol. The van der Waals surface area contributed by atoms with Crippen molar-refractivity contribution in [1.82, 2.24) is 14.3 Å². The van der Waals surface area contributed by atoms with Crippen molar-refractivity contribution in [3.8, 4) is 5.75 Å². The van der Waals surface area contributed by atoms with Gasteiger partial charge in [0.2, 0.25) is 0 Å². The maximum atomic E-state index is 12.7. The smallest absolute Gasteiger partial charge is 0.347 e. The van der Waals surface area contributed by atoms with Gasteiger partial charge in [0, 0.05) is 18.0 Å². The Balaban J connectivity index is 1.61. The quantitative estimate of drug-likeness (QED) is 0.493. The van der Waals surface area contributed by atoms with E-state index in [1.54, 1.807) is 28.8 Å². The summed E-state index contributed by atoms with van der Waals surface area (Å²) in [5, 5.41) is 14.4. The molecule has 0 aliphatic carbocycles. The Morgan fingerprint density at radius 1 is 1.06 bits per heavy atom. The second kappa shape index (κ2) is 10.0. The van der Waals surface area contributed by atoms with Crippen LogP contribution >= 0.6 is 11.6 Å². The summed E-state index contributed by atoms with van der Waals surface area (Å²) >= 11 is 5.94. The largest absolute Gasteiger partial charge is 0.478 e. The van der Waals surface area contributed by atoms with Gasteiger partial charge in [-0.2, -0.15) is 5.10 Å². The first kappa shape index (κ1) is 23.6. The molecule has 0 saturated carbocycles. The molecule has 0 bridgehead atoms. The molecule has 8 heteroatoms. The van der Waals surface area contributed by atoms with Crippen molar-refractivity contribution in [2.24, 2.45) is 0 Å². The van der Waals surface area contributed by atoms with Gasteiger partial charge in [0.25, 0.3) is 0 Å². The minimum atomic E-state index is -1.28. The van der Waals surface area contributed by atoms with E-state index in [4.69, 9.17) is 16.3 Å². The molecule has 32 heavy (non-hydrogen) atoms. The van der Waals surface area contributed by atoms with E-state index in [0.29, 0.717) is 30.3 Å². The Labute approximate surface area is 192 Å². The van der Waals surface area contributed by atoms with Gasteiger partial charge in [-0.25, -0.2) is 14.3 Å². The first-order valence-corrected chi connectivity index (χ1v) is 11.0. The number of halogens is 1. The van der Waals surface area contributed by atoms with Crippen LogP contribution in [0.3, 0.4) is 0 Å². The highest BCUT2D eigenvalue weighted by atomic mass is 35.5. The Morgan fingerprint density at radius 3 is 2.28 bits per heavy atom. The van der Waals surface area contributed by atoms with Crippen LogP contribution in [0, 0.1) is 0 Å². The first-order chi connectivity index (χ1) is 15.2. The third-order valence-corrected chi connectivity index (χ3v) is 5.49. The lowest BCUT2D eigenvalue weighted by Gasteiger charge is -2.21. The van der Waals surface area contributed by atoms with Gasteiger partial charge in [-0.1, -0.05) is 35.9 Å². The molecular formula is C24H28ClN3O4. The zero-order valence-corrected chi connectivity index (χ0v) is 19.3. The topological polar surface area (TPSA) is 86.3 Å². The molecule has 7 nitrogen and oxygen atoms in total. The maximum absolute atomic E-state index is 12.7. The lowest BCUT2D eigenvalue weighted by atomic mass is 10.1. The lowest BCUT2D eigenvalue weighted by molar-refractivity contribution is -0.152. The predicted molar refractivity (Wildman–Crippen MR) is 124 cm³/mol. The van der Waals surface area contributed by atoms with Crippen LogP contribution in [0.15, 0.2) is 53.3 Å². The molecule has 0 spiro atoms. The molecule has 0 radical (unpaired) electrons. The van der Waals surface area contributed by atoms with E-state index in [2.05, 4.69) is 5.10 Å². The molecule has 2 aromatic carbocycles. The fraction of sp³-hybridized carbons (Fsp3) is 0.375. The summed E-state index contributed by atoms with van der Waals surface area (Å²) in [7, 11) is 0. The van der Waals surface area contributed by atoms with Crippen molar-refractivity contribution in [2.45, 2.75) is 58.7 Å². The van der Waals surface area contributed by atoms with E-state index in [1.165, 1.54) is 18.5 Å². The highest BCUT2D eigenvalue weighted by Crippen LogP contribution is 2.20. The van der Waals surface area contributed by atoms with Crippen LogP contribution in [-0.2, 0) is 30.7 Å². The van der Waals surface area contributed by atoms with Gasteiger partial charge in [-0.05, 0) is 69.0 Å². The Bertz CT molecular complexity index is 1120. The number of hydrogen-bond acceptors (Lipinski definition) is 4. The van der Waals surface area contributed by atoms with Gasteiger partial charge in [-0.15, -0.1) is 0 Å². The van der Waals surface area contributed by atoms with Gasteiger partial charge in [0.05, 0.1) is 6.54 Å². The first-order valence-electron chi connectivity index (χ1n) is 10.6. The monoisotopic (exact) mass is 457 g/mol. The van der Waals surface area contributed by atoms with Crippen molar-refractivity contribution in [3.05, 3.63) is 81.0 Å². The second-order valence-electron chi connectivity index (χ2n) is 8.14. The van der Waals surface area contributed by atoms with E-state index in [1.807, 2.05) is 31.2 Å². The number of aryl methyl sites for hydroxylation is 2. The van der Waals surface area contributed by atoms with Crippen LogP contribution < -0.4 is 10.4 Å². The van der Waals surface area contributed by atoms with Crippen molar-refractivity contribution >= 4 is 17.6 Å². The molecule has 0 amide bonds. The summed E-state index contributed by atoms with van der Waals surface area (Å²) in [6, 6.07) is 14.8. The predicted octanol–water partition coefficient (Wildman–Crippen LogP) is 4.18. The van der Waals surface area contributed by atoms with Crippen LogP contribution in [0.1, 0.15) is 44.1 Å². The summed E-state index contributed by atoms with van der Waals surface area (Å²) in [6.45, 7) is 5.95. The fourth-order valence-electron chi connectivity index (χ4n) is 3.37. The van der Waals surface area contributed by atoms with E-state index in [0.717, 1.165) is 29.8 Å². The zero-order chi connectivity index (χ0) is 23.3. The lowest BCUT2D eigenvalue weighted by Crippen LogP contribution is -2.37. The number of carbonyl (C=O) groups is 1. The minimum Gasteiger partial charge on any atom is -0.478 e. The number of aromatic nitrogens is 3. The molecule has 1 N–H and O–H groups in total. The molecule has 0 aliphatic rings. The van der Waals surface area contributed by atoms with Gasteiger partial charge < -0.3 is 9.84 Å². The molecule has 0 atom stereocenters. The molecule has 0 fully saturated rings. The second-order valence-corrected chi connectivity index (χ2v) is 8.58. The molecule has 0 saturated heterocycles. The highest BCUT2D eigenvalue weighted by Gasteiger charge is 2.29. The van der Waals surface area contributed by atoms with E-state index >= 15 is 0 Å². The van der Waals surface area contributed by atoms with Crippen LogP contribution in [0.5, 0.6) is 5.75 Å². The van der Waals surface area contributed by atoms with Crippen molar-refractivity contribution < 1.29 is 14.6 Å². The number of ether oxygens (including phenoxy) is 1. The number of nitrogens with zero attached hydrogens (tertiary/aromatic N) is 3. The van der Waals surface area contributed by atoms with Gasteiger partial charge in [0.15, 0.2) is 5.60 Å². The summed E-state index contributed by atoms with van der Waals surface area (Å²) < 4.78 is 8.74. The maximum Gasteiger partial charge on any atom is 0.347 e. The Hall–Kier alpha value is -3.06. The molecule has 0 aliphatic heterocycles. The average Bonchev–Trinajstić information content (AvgIpc) is 3.05. The number of carboxylic acid groups (broad SMARTS) is 1. The molecule has 3 aromatic rings. The fourth-order valence-corrected chi connectivity index (χ4v) is 3.49. The van der Waals surface area contributed by atoms with Gasteiger partial charge >= 0.3 is 11.7 Å². The third kappa shape index (κ3) is 5.79. The summed E-state index contributed by atoms with van der Waals surface area (Å²) in [4.78, 5) is 23.9. The number of benzene rings is 2. The van der Waals surface area contributed by atoms with Gasteiger partial charge in [-0.3, -0.25) is 4.57 Å². The molecule has 0 unspecified atom stereocenters. The van der Waals surface area contributed by atoms with Crippen LogP contribution in [0.25, 0.3) is 0 Å². The molecule has 1 aromatic heterocycles. The third-order valence-electron chi connectivity index (χ3n) is 5.24. The SMILES string of the molecule is CCn1c(CCCc2ccc(OC(C)(C)C(=O)O)cc2)nn(Cc2ccc(Cl)cc2)c1=O. The van der Waals surface area contributed by atoms with Crippen LogP contribution in [0.2, 0.25) is 5.02 Å². The molecule has 170 valence electrons. The molecule has 3 rings (SSSR count). The standard InChI is InChI=1S/C24H28ClN3O4/c1-4-27-21(26-28(23(27)31)16-18-8-12-19(25)13-9-18)7-5-6-17-10-14-20(15-11-17)32-24(2,3)22(29)30/h8-15H,4-7,16H2,1-3H3,(H,29,30). The van der Waals surface area contributed by atoms with Gasteiger partial charge in [0.1, 0.15) is 11.6 Å². The molecular weight excluding hydrogens is 430 g/mol. The number of carboxylic acids is 1. The van der Waals surface area contributed by atoms with Crippen LogP contribution in [-0.4, -0.2) is 31.0 Å². The van der Waals surface area contributed by atoms with Crippen molar-refractivity contribution in [3.63, 3.8) is 0 Å². The van der Waals surface area contributed by atoms with E-state index in [9.17, 15) is 14.7 Å². The van der Waals surface area contributed by atoms with Crippen molar-refractivity contribution in [1.29, 1.82) is 0 Å². The highest BCUT2D eigenvalue weighted by molar-refractivity contribution is 6.30. The zero-order valence-electron chi connectivity index (χ0n) is 18.5. The number of aliphatic carboxylic acids is 1. The Kier molecular flexibility index (Phi) is 7.40. The Morgan fingerprint density at radius 2 is 1.69 bits per heavy atom. The summed E-state index contributed by atoms with van der Waals surface area (Å²) in [5.41, 5.74) is 0.685. The van der Waals surface area contributed by atoms with E-state index < -0.39 is 11.6 Å². The number of rotatable bonds is 10. The van der Waals surface area contributed by atoms with E-state index in [-0.39, 0.29) is 5.69 Å². The normalized spacial score (nSPS) is 11.5. The number of hydrogen-bond donors (Lipinski definition) is 1.